The quantitative estimate of drug-likeness (QED) is 0.482. The summed E-state index contributed by atoms with van der Waals surface area (Å²) in [5, 5.41) is 0.287. The molecule has 0 aromatic carbocycles. The van der Waals surface area contributed by atoms with Crippen molar-refractivity contribution >= 4 is 8.32 Å². The second kappa shape index (κ2) is 5.90. The van der Waals surface area contributed by atoms with Gasteiger partial charge in [-0.3, -0.25) is 0 Å². The van der Waals surface area contributed by atoms with Crippen LogP contribution in [0.3, 0.4) is 0 Å². The molecule has 1 fully saturated rings. The van der Waals surface area contributed by atoms with Gasteiger partial charge in [-0.15, -0.1) is 0 Å². The molecule has 0 spiro atoms. The summed E-state index contributed by atoms with van der Waals surface area (Å²) in [6, 6.07) is 0. The molecule has 0 heterocycles. The number of rotatable bonds is 3. The zero-order chi connectivity index (χ0) is 12.9. The van der Waals surface area contributed by atoms with Gasteiger partial charge in [-0.2, -0.15) is 0 Å². The third-order valence-corrected chi connectivity index (χ3v) is 8.41. The molecule has 98 valence electrons. The van der Waals surface area contributed by atoms with Gasteiger partial charge in [-0.1, -0.05) is 38.8 Å². The molecule has 0 unspecified atom stereocenters. The van der Waals surface area contributed by atoms with Crippen LogP contribution in [-0.2, 0) is 4.43 Å². The Kier molecular flexibility index (Phi) is 5.05. The smallest absolute Gasteiger partial charge is 0.249 e. The molecule has 0 bridgehead atoms. The highest BCUT2D eigenvalue weighted by Crippen LogP contribution is 2.36. The van der Waals surface area contributed by atoms with Crippen LogP contribution in [0.2, 0.25) is 18.1 Å². The van der Waals surface area contributed by atoms with Gasteiger partial charge in [0.25, 0.3) is 0 Å². The first-order valence-corrected chi connectivity index (χ1v) is 9.76. The Balaban J connectivity index is 2.44. The van der Waals surface area contributed by atoms with Gasteiger partial charge >= 0.3 is 0 Å². The molecule has 1 aliphatic rings. The van der Waals surface area contributed by atoms with Crippen LogP contribution in [0.5, 0.6) is 0 Å². The lowest BCUT2D eigenvalue weighted by Crippen LogP contribution is -2.39. The summed E-state index contributed by atoms with van der Waals surface area (Å²) in [4.78, 5) is 0. The van der Waals surface area contributed by atoms with Crippen molar-refractivity contribution in [2.45, 2.75) is 71.0 Å². The molecule has 0 saturated heterocycles. The highest BCUT2D eigenvalue weighted by molar-refractivity contribution is 6.74. The Morgan fingerprint density at radius 1 is 1.06 bits per heavy atom. The first kappa shape index (κ1) is 14.6. The van der Waals surface area contributed by atoms with E-state index in [4.69, 9.17) is 4.43 Å². The van der Waals surface area contributed by atoms with Crippen molar-refractivity contribution in [2.24, 2.45) is 0 Å². The molecule has 0 aliphatic heterocycles. The van der Waals surface area contributed by atoms with Crippen molar-refractivity contribution in [1.82, 2.24) is 0 Å². The first-order valence-electron chi connectivity index (χ1n) is 6.85. The van der Waals surface area contributed by atoms with Crippen molar-refractivity contribution in [3.63, 3.8) is 0 Å². The maximum absolute atomic E-state index is 6.00. The van der Waals surface area contributed by atoms with Gasteiger partial charge in [0.1, 0.15) is 0 Å². The van der Waals surface area contributed by atoms with Crippen LogP contribution in [0.25, 0.3) is 0 Å². The van der Waals surface area contributed by atoms with Crippen molar-refractivity contribution in [2.75, 3.05) is 0 Å². The molecule has 0 amide bonds. The molecular weight excluding hydrogens is 224 g/mol. The van der Waals surface area contributed by atoms with Gasteiger partial charge in [-0.25, -0.2) is 0 Å². The summed E-state index contributed by atoms with van der Waals surface area (Å²) in [6.07, 6.45) is 13.0. The molecule has 17 heavy (non-hydrogen) atoms. The number of allylic oxidation sites excluding steroid dienone is 3. The molecule has 0 atom stereocenters. The van der Waals surface area contributed by atoms with Crippen LogP contribution in [0.4, 0.5) is 0 Å². The molecule has 2 heteroatoms. The van der Waals surface area contributed by atoms with E-state index in [9.17, 15) is 0 Å². The molecule has 1 aliphatic carbocycles. The van der Waals surface area contributed by atoms with Crippen LogP contribution in [-0.4, -0.2) is 8.32 Å². The van der Waals surface area contributed by atoms with Crippen LogP contribution in [0.1, 0.15) is 52.9 Å². The number of hydrogen-bond donors (Lipinski definition) is 0. The fraction of sp³-hybridized carbons (Fsp3) is 0.733. The lowest BCUT2D eigenvalue weighted by Gasteiger charge is -2.34. The monoisotopic (exact) mass is 252 g/mol. The predicted molar refractivity (Wildman–Crippen MR) is 78.6 cm³/mol. The molecule has 0 aromatic rings. The maximum atomic E-state index is 6.00. The minimum atomic E-state index is -1.61. The van der Waals surface area contributed by atoms with Crippen LogP contribution >= 0.6 is 0 Å². The van der Waals surface area contributed by atoms with Gasteiger partial charge in [-0.05, 0) is 49.9 Å². The second-order valence-corrected chi connectivity index (χ2v) is 11.3. The van der Waals surface area contributed by atoms with Crippen molar-refractivity contribution in [3.05, 3.63) is 24.0 Å². The third-order valence-electron chi connectivity index (χ3n) is 4.08. The van der Waals surface area contributed by atoms with Crippen LogP contribution in [0, 0.1) is 0 Å². The van der Waals surface area contributed by atoms with E-state index in [0.29, 0.717) is 0 Å². The minimum Gasteiger partial charge on any atom is -0.549 e. The number of hydrogen-bond acceptors (Lipinski definition) is 1. The molecule has 1 rings (SSSR count). The van der Waals surface area contributed by atoms with Gasteiger partial charge in [0, 0.05) is 0 Å². The molecule has 0 aromatic heterocycles. The molecule has 0 N–H and O–H groups in total. The Bertz CT molecular complexity index is 287. The summed E-state index contributed by atoms with van der Waals surface area (Å²) in [5.74, 6) is 0. The average molecular weight is 252 g/mol. The van der Waals surface area contributed by atoms with Crippen molar-refractivity contribution in [1.29, 1.82) is 0 Å². The Hall–Kier alpha value is -0.503. The highest BCUT2D eigenvalue weighted by Gasteiger charge is 2.37. The highest BCUT2D eigenvalue weighted by atomic mass is 28.4. The van der Waals surface area contributed by atoms with Gasteiger partial charge in [0.05, 0.1) is 6.26 Å². The maximum Gasteiger partial charge on any atom is 0.249 e. The van der Waals surface area contributed by atoms with Gasteiger partial charge < -0.3 is 4.43 Å². The minimum absolute atomic E-state index is 0.287. The zero-order valence-corrected chi connectivity index (χ0v) is 13.2. The molecule has 1 nitrogen and oxygen atoms in total. The van der Waals surface area contributed by atoms with E-state index in [1.165, 1.54) is 32.1 Å². The van der Waals surface area contributed by atoms with Crippen LogP contribution < -0.4 is 0 Å². The van der Waals surface area contributed by atoms with E-state index in [-0.39, 0.29) is 5.04 Å². The van der Waals surface area contributed by atoms with E-state index in [2.05, 4.69) is 46.0 Å². The lowest BCUT2D eigenvalue weighted by molar-refractivity contribution is 0.430. The average Bonchev–Trinajstić information content (AvgIpc) is 2.24. The van der Waals surface area contributed by atoms with Crippen molar-refractivity contribution < 1.29 is 4.43 Å². The van der Waals surface area contributed by atoms with E-state index < -0.39 is 8.32 Å². The largest absolute Gasteiger partial charge is 0.549 e. The Morgan fingerprint density at radius 2 is 1.65 bits per heavy atom. The van der Waals surface area contributed by atoms with E-state index in [1.807, 2.05) is 6.26 Å². The predicted octanol–water partition coefficient (Wildman–Crippen LogP) is 5.41. The summed E-state index contributed by atoms with van der Waals surface area (Å²) >= 11 is 0. The Labute approximate surface area is 108 Å². The summed E-state index contributed by atoms with van der Waals surface area (Å²) < 4.78 is 6.00. The molecule has 0 radical (unpaired) electrons. The topological polar surface area (TPSA) is 9.23 Å². The standard InChI is InChI=1S/C15H28OSi/c1-15(2,3)17(4,5)16-13-9-12-14-10-7-6-8-11-14/h9,12-13H,6-8,10-11H2,1-5H3/b13-9+. The SMILES string of the molecule is CC(C)(C)[Si](C)(C)O/C=C/C=C1CCCCC1. The normalized spacial score (nSPS) is 18.5. The third kappa shape index (κ3) is 4.70. The van der Waals surface area contributed by atoms with Gasteiger partial charge in [0.2, 0.25) is 8.32 Å². The molecule has 1 saturated carbocycles. The van der Waals surface area contributed by atoms with Gasteiger partial charge in [0.15, 0.2) is 0 Å². The van der Waals surface area contributed by atoms with Crippen LogP contribution in [0.15, 0.2) is 24.0 Å². The van der Waals surface area contributed by atoms with E-state index >= 15 is 0 Å². The Morgan fingerprint density at radius 3 is 2.18 bits per heavy atom. The fourth-order valence-electron chi connectivity index (χ4n) is 1.73. The summed E-state index contributed by atoms with van der Waals surface area (Å²) in [5.41, 5.74) is 1.59. The second-order valence-electron chi connectivity index (χ2n) is 6.59. The summed E-state index contributed by atoms with van der Waals surface area (Å²) in [7, 11) is -1.61. The van der Waals surface area contributed by atoms with E-state index in [1.54, 1.807) is 5.57 Å². The van der Waals surface area contributed by atoms with E-state index in [0.717, 1.165) is 0 Å². The lowest BCUT2D eigenvalue weighted by atomic mass is 9.95. The summed E-state index contributed by atoms with van der Waals surface area (Å²) in [6.45, 7) is 11.4. The fourth-order valence-corrected chi connectivity index (χ4v) is 2.51. The first-order chi connectivity index (χ1) is 7.83. The molecular formula is C15H28OSi. The van der Waals surface area contributed by atoms with Crippen molar-refractivity contribution in [3.8, 4) is 0 Å². The zero-order valence-electron chi connectivity index (χ0n) is 12.2.